The summed E-state index contributed by atoms with van der Waals surface area (Å²) >= 11 is 4.30. The third kappa shape index (κ3) is 7.33. The number of halogens is 3. The lowest BCUT2D eigenvalue weighted by atomic mass is 10.1. The summed E-state index contributed by atoms with van der Waals surface area (Å²) in [5, 5.41) is 2.31. The van der Waals surface area contributed by atoms with Crippen LogP contribution < -0.4 is 4.90 Å². The summed E-state index contributed by atoms with van der Waals surface area (Å²) in [7, 11) is -12.5. The predicted octanol–water partition coefficient (Wildman–Crippen LogP) is 5.81. The van der Waals surface area contributed by atoms with Crippen molar-refractivity contribution in [1.82, 2.24) is 4.98 Å². The number of thiazole rings is 1. The van der Waals surface area contributed by atoms with Crippen LogP contribution in [0.5, 0.6) is 0 Å². The van der Waals surface area contributed by atoms with Gasteiger partial charge in [-0.1, -0.05) is 52.3 Å². The van der Waals surface area contributed by atoms with Crippen molar-refractivity contribution in [2.45, 2.75) is 28.5 Å². The third-order valence-electron chi connectivity index (χ3n) is 6.16. The molecule has 0 aliphatic carbocycles. The van der Waals surface area contributed by atoms with Crippen LogP contribution in [-0.2, 0) is 43.0 Å². The van der Waals surface area contributed by atoms with E-state index < -0.39 is 38.5 Å². The Morgan fingerprint density at radius 1 is 0.881 bits per heavy atom. The van der Waals surface area contributed by atoms with E-state index in [0.29, 0.717) is 22.0 Å². The van der Waals surface area contributed by atoms with Crippen molar-refractivity contribution < 1.29 is 40.0 Å². The highest BCUT2D eigenvalue weighted by Gasteiger charge is 2.51. The monoisotopic (exact) mass is 720 g/mol. The van der Waals surface area contributed by atoms with Gasteiger partial charge in [0, 0.05) is 46.6 Å². The molecule has 2 N–H and O–H groups in total. The van der Waals surface area contributed by atoms with Gasteiger partial charge < -0.3 is 14.7 Å². The van der Waals surface area contributed by atoms with Crippen LogP contribution in [-0.4, -0.2) is 44.1 Å². The number of anilines is 1. The summed E-state index contributed by atoms with van der Waals surface area (Å²) in [6.45, 7) is 0.399. The highest BCUT2D eigenvalue weighted by Crippen LogP contribution is 2.60. The second kappa shape index (κ2) is 11.9. The van der Waals surface area contributed by atoms with Crippen molar-refractivity contribution in [3.63, 3.8) is 0 Å². The van der Waals surface area contributed by atoms with Crippen LogP contribution in [0.1, 0.15) is 16.7 Å². The summed E-state index contributed by atoms with van der Waals surface area (Å²) in [5.41, 5.74) is -2.73. The molecule has 0 amide bonds. The standard InChI is InChI=1S/C26H24BrF2N2O7PS3/c1-41(35,36)20-8-3-17(4-9-20)14-31(15-18-5-12-22(23(27)13-18)26(28,29)39(32,33)34)25-30-24(16-40-25)19-6-10-21(11-7-19)42(2,37)38/h3-13,16H,14-15H2,1-2H3,(H2,32,33,34). The van der Waals surface area contributed by atoms with E-state index in [4.69, 9.17) is 14.8 Å². The number of nitrogens with zero attached hydrogens (tertiary/aromatic N) is 2. The largest absolute Gasteiger partial charge is 0.399 e. The molecule has 0 aliphatic heterocycles. The molecule has 0 atom stereocenters. The van der Waals surface area contributed by atoms with E-state index in [1.807, 2.05) is 4.90 Å². The Bertz CT molecular complexity index is 1880. The molecule has 9 nitrogen and oxygen atoms in total. The van der Waals surface area contributed by atoms with Gasteiger partial charge in [-0.2, -0.15) is 8.78 Å². The first kappa shape index (κ1) is 32.4. The van der Waals surface area contributed by atoms with Crippen LogP contribution in [0.2, 0.25) is 0 Å². The molecule has 4 rings (SSSR count). The van der Waals surface area contributed by atoms with Gasteiger partial charge in [-0.3, -0.25) is 4.57 Å². The molecular formula is C26H24BrF2N2O7PS3. The zero-order valence-electron chi connectivity index (χ0n) is 22.0. The SMILES string of the molecule is CS(=O)(=O)c1ccc(CN(Cc2ccc(C(F)(F)P(=O)(O)O)c(Br)c2)c2nc(-c3ccc(S(C)(=O)=O)cc3)cs2)cc1. The molecule has 0 fully saturated rings. The van der Waals surface area contributed by atoms with Crippen molar-refractivity contribution in [1.29, 1.82) is 0 Å². The third-order valence-corrected chi connectivity index (χ3v) is 10.9. The van der Waals surface area contributed by atoms with Crippen LogP contribution in [0.25, 0.3) is 11.3 Å². The molecular weight excluding hydrogens is 697 g/mol. The van der Waals surface area contributed by atoms with Gasteiger partial charge in [0.05, 0.1) is 15.5 Å². The van der Waals surface area contributed by atoms with Crippen molar-refractivity contribution in [2.24, 2.45) is 0 Å². The molecule has 0 bridgehead atoms. The molecule has 3 aromatic carbocycles. The van der Waals surface area contributed by atoms with E-state index >= 15 is 0 Å². The Balaban J connectivity index is 1.69. The Hall–Kier alpha value is -2.52. The van der Waals surface area contributed by atoms with Crippen LogP contribution in [0.4, 0.5) is 13.9 Å². The Labute approximate surface area is 254 Å². The first-order chi connectivity index (χ1) is 19.4. The zero-order chi connectivity index (χ0) is 31.1. The van der Waals surface area contributed by atoms with Gasteiger partial charge in [-0.05, 0) is 41.5 Å². The summed E-state index contributed by atoms with van der Waals surface area (Å²) in [5.74, 6) is 0. The molecule has 42 heavy (non-hydrogen) atoms. The summed E-state index contributed by atoms with van der Waals surface area (Å²) in [4.78, 5) is 25.1. The second-order valence-electron chi connectivity index (χ2n) is 9.48. The highest BCUT2D eigenvalue weighted by molar-refractivity contribution is 9.10. The fourth-order valence-electron chi connectivity index (χ4n) is 3.95. The van der Waals surface area contributed by atoms with Gasteiger partial charge in [-0.25, -0.2) is 21.8 Å². The van der Waals surface area contributed by atoms with Crippen LogP contribution in [0.3, 0.4) is 0 Å². The summed E-state index contributed by atoms with van der Waals surface area (Å²) in [6.07, 6.45) is 2.22. The van der Waals surface area contributed by atoms with Gasteiger partial charge in [0.1, 0.15) is 0 Å². The number of benzene rings is 3. The van der Waals surface area contributed by atoms with Gasteiger partial charge in [0.25, 0.3) is 0 Å². The lowest BCUT2D eigenvalue weighted by Gasteiger charge is -2.24. The number of rotatable bonds is 10. The zero-order valence-corrected chi connectivity index (χ0v) is 26.9. The van der Waals surface area contributed by atoms with Crippen molar-refractivity contribution in [3.05, 3.63) is 93.3 Å². The summed E-state index contributed by atoms with van der Waals surface area (Å²) in [6, 6.07) is 16.1. The summed E-state index contributed by atoms with van der Waals surface area (Å²) < 4.78 is 87.3. The quantitative estimate of drug-likeness (QED) is 0.194. The van der Waals surface area contributed by atoms with E-state index in [-0.39, 0.29) is 27.4 Å². The minimum absolute atomic E-state index is 0.147. The lowest BCUT2D eigenvalue weighted by Crippen LogP contribution is -2.22. The maximum atomic E-state index is 14.4. The van der Waals surface area contributed by atoms with E-state index in [2.05, 4.69) is 15.9 Å². The van der Waals surface area contributed by atoms with E-state index in [9.17, 15) is 30.2 Å². The first-order valence-electron chi connectivity index (χ1n) is 11.9. The number of hydrogen-bond donors (Lipinski definition) is 2. The average Bonchev–Trinajstić information content (AvgIpc) is 3.37. The topological polar surface area (TPSA) is 142 Å². The van der Waals surface area contributed by atoms with Gasteiger partial charge in [0.15, 0.2) is 24.8 Å². The van der Waals surface area contributed by atoms with Gasteiger partial charge in [-0.15, -0.1) is 11.3 Å². The van der Waals surface area contributed by atoms with Crippen LogP contribution >= 0.6 is 34.9 Å². The Kier molecular flexibility index (Phi) is 9.16. The van der Waals surface area contributed by atoms with Crippen LogP contribution in [0.15, 0.2) is 86.4 Å². The minimum atomic E-state index is -5.77. The van der Waals surface area contributed by atoms with Gasteiger partial charge >= 0.3 is 13.3 Å². The Morgan fingerprint density at radius 3 is 1.88 bits per heavy atom. The van der Waals surface area contributed by atoms with E-state index in [1.165, 1.54) is 47.7 Å². The normalized spacial score (nSPS) is 12.8. The maximum absolute atomic E-state index is 14.4. The second-order valence-corrected chi connectivity index (χ2v) is 16.9. The van der Waals surface area contributed by atoms with E-state index in [0.717, 1.165) is 24.1 Å². The van der Waals surface area contributed by atoms with Crippen molar-refractivity contribution in [2.75, 3.05) is 17.4 Å². The van der Waals surface area contributed by atoms with Crippen LogP contribution in [0, 0.1) is 0 Å². The molecule has 0 aliphatic rings. The van der Waals surface area contributed by atoms with Gasteiger partial charge in [0.2, 0.25) is 0 Å². The molecule has 0 saturated carbocycles. The lowest BCUT2D eigenvalue weighted by molar-refractivity contribution is 0.0557. The molecule has 0 spiro atoms. The van der Waals surface area contributed by atoms with E-state index in [1.54, 1.807) is 29.6 Å². The number of alkyl halides is 2. The smallest absolute Gasteiger partial charge is 0.339 e. The highest BCUT2D eigenvalue weighted by atomic mass is 79.9. The first-order valence-corrected chi connectivity index (χ1v) is 19.0. The molecule has 4 aromatic rings. The predicted molar refractivity (Wildman–Crippen MR) is 160 cm³/mol. The average molecular weight is 722 g/mol. The molecule has 1 heterocycles. The minimum Gasteiger partial charge on any atom is -0.339 e. The molecule has 0 radical (unpaired) electrons. The Morgan fingerprint density at radius 2 is 1.38 bits per heavy atom. The maximum Gasteiger partial charge on any atom is 0.399 e. The number of aromatic nitrogens is 1. The number of hydrogen-bond acceptors (Lipinski definition) is 8. The number of sulfone groups is 2. The molecule has 16 heteroatoms. The molecule has 1 aromatic heterocycles. The molecule has 224 valence electrons. The fraction of sp³-hybridized carbons (Fsp3) is 0.192. The molecule has 0 saturated heterocycles. The van der Waals surface area contributed by atoms with Crippen molar-refractivity contribution in [3.8, 4) is 11.3 Å². The fourth-order valence-corrected chi connectivity index (χ4v) is 7.38. The molecule has 0 unspecified atom stereocenters. The van der Waals surface area contributed by atoms with Crippen molar-refractivity contribution >= 4 is 59.7 Å².